The topological polar surface area (TPSA) is 76.1 Å². The summed E-state index contributed by atoms with van der Waals surface area (Å²) in [6.07, 6.45) is 1.31. The van der Waals surface area contributed by atoms with Crippen LogP contribution in [0.3, 0.4) is 0 Å². The number of sulfone groups is 1. The first kappa shape index (κ1) is 18.8. The molecule has 1 aliphatic carbocycles. The average Bonchev–Trinajstić information content (AvgIpc) is 3.19. The second kappa shape index (κ2) is 7.85. The smallest absolute Gasteiger partial charge is 0.226 e. The van der Waals surface area contributed by atoms with Gasteiger partial charge in [0.25, 0.3) is 0 Å². The van der Waals surface area contributed by atoms with Gasteiger partial charge >= 0.3 is 0 Å². The third kappa shape index (κ3) is 4.31. The van der Waals surface area contributed by atoms with E-state index in [0.29, 0.717) is 11.6 Å². The van der Waals surface area contributed by atoms with Gasteiger partial charge in [-0.3, -0.25) is 4.79 Å². The summed E-state index contributed by atoms with van der Waals surface area (Å²) in [4.78, 5) is 17.9. The molecule has 1 amide bonds. The third-order valence-electron chi connectivity index (χ3n) is 4.66. The van der Waals surface area contributed by atoms with Crippen molar-refractivity contribution < 1.29 is 13.2 Å². The molecule has 0 saturated heterocycles. The van der Waals surface area contributed by atoms with Crippen LogP contribution in [0.1, 0.15) is 28.8 Å². The van der Waals surface area contributed by atoms with Crippen LogP contribution in [0.2, 0.25) is 0 Å². The lowest BCUT2D eigenvalue weighted by Crippen LogP contribution is -2.15. The van der Waals surface area contributed by atoms with Gasteiger partial charge in [-0.25, -0.2) is 13.4 Å². The van der Waals surface area contributed by atoms with Crippen LogP contribution in [0.5, 0.6) is 0 Å². The van der Waals surface area contributed by atoms with Crippen LogP contribution in [-0.4, -0.2) is 25.1 Å². The van der Waals surface area contributed by atoms with Gasteiger partial charge in [0.05, 0.1) is 17.2 Å². The normalized spacial score (nSPS) is 12.4. The molecule has 1 aromatic heterocycles. The molecule has 0 spiro atoms. The summed E-state index contributed by atoms with van der Waals surface area (Å²) in [6.45, 7) is 0. The Hall–Kier alpha value is -2.51. The average molecular weight is 413 g/mol. The van der Waals surface area contributed by atoms with Crippen LogP contribution >= 0.6 is 11.3 Å². The molecule has 0 atom stereocenters. The number of benzene rings is 2. The van der Waals surface area contributed by atoms with E-state index in [1.165, 1.54) is 16.9 Å². The Morgan fingerprint density at radius 3 is 2.64 bits per heavy atom. The molecule has 28 heavy (non-hydrogen) atoms. The quantitative estimate of drug-likeness (QED) is 0.497. The van der Waals surface area contributed by atoms with E-state index in [2.05, 4.69) is 16.4 Å². The number of anilines is 1. The number of rotatable bonds is 7. The van der Waals surface area contributed by atoms with E-state index < -0.39 is 9.84 Å². The van der Waals surface area contributed by atoms with E-state index in [1.807, 2.05) is 36.4 Å². The third-order valence-corrected chi connectivity index (χ3v) is 7.31. The van der Waals surface area contributed by atoms with Crippen molar-refractivity contribution >= 4 is 32.2 Å². The monoisotopic (exact) mass is 412 g/mol. The standard InChI is InChI=1S/C21H20N2O3S2/c24-19(11-6-12-28(25,26)14-15-7-2-1-3-8-15)22-21-23-20-17-10-5-4-9-16(17)13-18(20)27-21/h1-5,7-10H,6,11-14H2,(H,22,23,24). The van der Waals surface area contributed by atoms with Crippen LogP contribution in [0, 0.1) is 0 Å². The Morgan fingerprint density at radius 1 is 1.07 bits per heavy atom. The van der Waals surface area contributed by atoms with Crippen molar-refractivity contribution in [2.75, 3.05) is 11.1 Å². The highest BCUT2D eigenvalue weighted by atomic mass is 32.2. The number of hydrogen-bond acceptors (Lipinski definition) is 5. The van der Waals surface area contributed by atoms with E-state index in [9.17, 15) is 13.2 Å². The minimum Gasteiger partial charge on any atom is -0.302 e. The Bertz CT molecular complexity index is 1110. The summed E-state index contributed by atoms with van der Waals surface area (Å²) in [7, 11) is -3.23. The highest BCUT2D eigenvalue weighted by Gasteiger charge is 2.23. The van der Waals surface area contributed by atoms with E-state index >= 15 is 0 Å². The van der Waals surface area contributed by atoms with Gasteiger partial charge in [-0.2, -0.15) is 0 Å². The second-order valence-corrected chi connectivity index (χ2v) is 10.1. The van der Waals surface area contributed by atoms with Gasteiger partial charge in [-0.1, -0.05) is 54.6 Å². The lowest BCUT2D eigenvalue weighted by molar-refractivity contribution is -0.116. The summed E-state index contributed by atoms with van der Waals surface area (Å²) < 4.78 is 24.4. The van der Waals surface area contributed by atoms with Crippen LogP contribution < -0.4 is 5.32 Å². The molecule has 0 fully saturated rings. The number of carbonyl (C=O) groups excluding carboxylic acids is 1. The number of thiazole rings is 1. The molecule has 2 aromatic carbocycles. The zero-order chi connectivity index (χ0) is 19.6. The minimum absolute atomic E-state index is 0.00292. The van der Waals surface area contributed by atoms with Gasteiger partial charge in [0, 0.05) is 23.3 Å². The Kier molecular flexibility index (Phi) is 5.28. The SMILES string of the molecule is O=C(CCCS(=O)(=O)Cc1ccccc1)Nc1nc2c(s1)Cc1ccccc1-2. The van der Waals surface area contributed by atoms with Crippen molar-refractivity contribution in [2.24, 2.45) is 0 Å². The molecule has 1 N–H and O–H groups in total. The number of hydrogen-bond donors (Lipinski definition) is 1. The Balaban J connectivity index is 1.29. The molecule has 4 rings (SSSR count). The summed E-state index contributed by atoms with van der Waals surface area (Å²) in [5, 5.41) is 3.39. The number of carbonyl (C=O) groups is 1. The predicted molar refractivity (Wildman–Crippen MR) is 112 cm³/mol. The molecule has 5 nitrogen and oxygen atoms in total. The fraction of sp³-hybridized carbons (Fsp3) is 0.238. The van der Waals surface area contributed by atoms with Crippen LogP contribution in [0.4, 0.5) is 5.13 Å². The van der Waals surface area contributed by atoms with Crippen molar-refractivity contribution in [1.82, 2.24) is 4.98 Å². The number of nitrogens with zero attached hydrogens (tertiary/aromatic N) is 1. The molecule has 1 aliphatic rings. The number of aromatic nitrogens is 1. The first-order valence-electron chi connectivity index (χ1n) is 9.12. The highest BCUT2D eigenvalue weighted by molar-refractivity contribution is 7.90. The van der Waals surface area contributed by atoms with Gasteiger partial charge in [-0.05, 0) is 17.5 Å². The molecule has 0 saturated carbocycles. The second-order valence-electron chi connectivity index (χ2n) is 6.85. The maximum absolute atomic E-state index is 12.2. The van der Waals surface area contributed by atoms with Crippen molar-refractivity contribution in [3.8, 4) is 11.3 Å². The molecule has 3 aromatic rings. The first-order valence-corrected chi connectivity index (χ1v) is 11.8. The van der Waals surface area contributed by atoms with Gasteiger partial charge < -0.3 is 5.32 Å². The molecule has 1 heterocycles. The maximum Gasteiger partial charge on any atom is 0.226 e. The minimum atomic E-state index is -3.23. The van der Waals surface area contributed by atoms with Crippen molar-refractivity contribution in [1.29, 1.82) is 0 Å². The van der Waals surface area contributed by atoms with Crippen LogP contribution in [0.15, 0.2) is 54.6 Å². The number of amides is 1. The highest BCUT2D eigenvalue weighted by Crippen LogP contribution is 2.40. The number of nitrogens with one attached hydrogen (secondary N) is 1. The summed E-state index contributed by atoms with van der Waals surface area (Å²) >= 11 is 1.49. The van der Waals surface area contributed by atoms with Gasteiger partial charge in [0.1, 0.15) is 0 Å². The van der Waals surface area contributed by atoms with E-state index in [-0.39, 0.29) is 23.8 Å². The zero-order valence-electron chi connectivity index (χ0n) is 15.2. The molecule has 144 valence electrons. The summed E-state index contributed by atoms with van der Waals surface area (Å²) in [6, 6.07) is 17.2. The Labute approximate surface area is 168 Å². The van der Waals surface area contributed by atoms with Crippen molar-refractivity contribution in [3.05, 3.63) is 70.6 Å². The van der Waals surface area contributed by atoms with Gasteiger partial charge in [0.15, 0.2) is 15.0 Å². The van der Waals surface area contributed by atoms with Crippen molar-refractivity contribution in [3.63, 3.8) is 0 Å². The lowest BCUT2D eigenvalue weighted by atomic mass is 10.1. The predicted octanol–water partition coefficient (Wildman–Crippen LogP) is 4.05. The molecular weight excluding hydrogens is 392 g/mol. The van der Waals surface area contributed by atoms with Gasteiger partial charge in [-0.15, -0.1) is 11.3 Å². The fourth-order valence-electron chi connectivity index (χ4n) is 3.35. The Morgan fingerprint density at radius 2 is 1.82 bits per heavy atom. The summed E-state index contributed by atoms with van der Waals surface area (Å²) in [5.41, 5.74) is 4.10. The van der Waals surface area contributed by atoms with E-state index in [4.69, 9.17) is 0 Å². The van der Waals surface area contributed by atoms with Crippen LogP contribution in [0.25, 0.3) is 11.3 Å². The first-order chi connectivity index (χ1) is 13.5. The molecule has 0 radical (unpaired) electrons. The fourth-order valence-corrected chi connectivity index (χ4v) is 5.79. The lowest BCUT2D eigenvalue weighted by Gasteiger charge is -2.05. The van der Waals surface area contributed by atoms with E-state index in [1.54, 1.807) is 12.1 Å². The number of fused-ring (bicyclic) bond motifs is 3. The molecular formula is C21H20N2O3S2. The molecule has 0 aliphatic heterocycles. The summed E-state index contributed by atoms with van der Waals surface area (Å²) in [5.74, 6) is -0.193. The largest absolute Gasteiger partial charge is 0.302 e. The maximum atomic E-state index is 12.2. The molecule has 0 bridgehead atoms. The molecule has 0 unspecified atom stereocenters. The van der Waals surface area contributed by atoms with Crippen LogP contribution in [-0.2, 0) is 26.8 Å². The van der Waals surface area contributed by atoms with E-state index in [0.717, 1.165) is 28.1 Å². The van der Waals surface area contributed by atoms with Gasteiger partial charge in [0.2, 0.25) is 5.91 Å². The zero-order valence-corrected chi connectivity index (χ0v) is 16.9. The molecule has 7 heteroatoms. The van der Waals surface area contributed by atoms with Crippen molar-refractivity contribution in [2.45, 2.75) is 25.0 Å².